The molecule has 0 aromatic heterocycles. The molecule has 4 rings (SSSR count). The standard InChI is InChI=1S/C22H16ClN3O2/c1-14-24-20-8-3-2-7-19(20)22(28)26(14)18-6-4-5-17(13-18)25-21(27)15-9-11-16(23)12-10-15/h2-13,24H,1H2,(H,25,27). The number of benzene rings is 3. The average Bonchev–Trinajstić information content (AvgIpc) is 2.69. The molecule has 1 aliphatic rings. The summed E-state index contributed by atoms with van der Waals surface area (Å²) in [5.41, 5.74) is 2.94. The Balaban J connectivity index is 1.60. The Kier molecular flexibility index (Phi) is 4.59. The van der Waals surface area contributed by atoms with Crippen LogP contribution in [-0.4, -0.2) is 11.8 Å². The van der Waals surface area contributed by atoms with Crippen molar-refractivity contribution in [3.05, 3.63) is 101 Å². The molecule has 0 radical (unpaired) electrons. The normalized spacial score (nSPS) is 13.0. The maximum atomic E-state index is 12.9. The Hall–Kier alpha value is -3.57. The van der Waals surface area contributed by atoms with Gasteiger partial charge < -0.3 is 10.6 Å². The highest BCUT2D eigenvalue weighted by Gasteiger charge is 2.28. The van der Waals surface area contributed by atoms with Crippen molar-refractivity contribution in [1.29, 1.82) is 0 Å². The lowest BCUT2D eigenvalue weighted by atomic mass is 10.1. The van der Waals surface area contributed by atoms with Gasteiger partial charge in [-0.1, -0.05) is 36.4 Å². The number of hydrogen-bond acceptors (Lipinski definition) is 3. The fourth-order valence-electron chi connectivity index (χ4n) is 3.03. The molecule has 0 spiro atoms. The van der Waals surface area contributed by atoms with Crippen LogP contribution < -0.4 is 15.5 Å². The van der Waals surface area contributed by atoms with Gasteiger partial charge in [-0.05, 0) is 54.6 Å². The molecule has 0 aliphatic carbocycles. The fraction of sp³-hybridized carbons (Fsp3) is 0. The first-order valence-corrected chi connectivity index (χ1v) is 8.97. The molecule has 0 bridgehead atoms. The summed E-state index contributed by atoms with van der Waals surface area (Å²) in [4.78, 5) is 26.9. The van der Waals surface area contributed by atoms with E-state index in [4.69, 9.17) is 11.6 Å². The number of para-hydroxylation sites is 1. The summed E-state index contributed by atoms with van der Waals surface area (Å²) in [5.74, 6) is 0.00601. The molecule has 28 heavy (non-hydrogen) atoms. The van der Waals surface area contributed by atoms with Gasteiger partial charge in [-0.3, -0.25) is 14.5 Å². The molecule has 2 N–H and O–H groups in total. The highest BCUT2D eigenvalue weighted by Crippen LogP contribution is 2.31. The highest BCUT2D eigenvalue weighted by molar-refractivity contribution is 6.30. The third-order valence-corrected chi connectivity index (χ3v) is 4.63. The number of carbonyl (C=O) groups is 2. The van der Waals surface area contributed by atoms with Crippen LogP contribution in [0.4, 0.5) is 17.1 Å². The number of hydrogen-bond donors (Lipinski definition) is 2. The summed E-state index contributed by atoms with van der Waals surface area (Å²) in [6.07, 6.45) is 0. The first-order valence-electron chi connectivity index (χ1n) is 8.59. The van der Waals surface area contributed by atoms with Gasteiger partial charge in [0.2, 0.25) is 0 Å². The van der Waals surface area contributed by atoms with Crippen LogP contribution in [0.1, 0.15) is 20.7 Å². The molecule has 0 fully saturated rings. The Bertz CT molecular complexity index is 1090. The lowest BCUT2D eigenvalue weighted by molar-refractivity contribution is 0.0992. The third-order valence-electron chi connectivity index (χ3n) is 4.38. The molecule has 1 aliphatic heterocycles. The maximum absolute atomic E-state index is 12.9. The summed E-state index contributed by atoms with van der Waals surface area (Å²) >= 11 is 5.86. The Labute approximate surface area is 167 Å². The number of halogens is 1. The zero-order valence-electron chi connectivity index (χ0n) is 14.8. The monoisotopic (exact) mass is 389 g/mol. The number of anilines is 3. The van der Waals surface area contributed by atoms with E-state index >= 15 is 0 Å². The van der Waals surface area contributed by atoms with Crippen LogP contribution in [0.2, 0.25) is 5.02 Å². The third kappa shape index (κ3) is 3.35. The van der Waals surface area contributed by atoms with Crippen molar-refractivity contribution in [1.82, 2.24) is 0 Å². The van der Waals surface area contributed by atoms with Crippen molar-refractivity contribution in [3.63, 3.8) is 0 Å². The first kappa shape index (κ1) is 17.8. The molecule has 0 unspecified atom stereocenters. The molecule has 0 saturated heterocycles. The van der Waals surface area contributed by atoms with E-state index in [0.717, 1.165) is 5.69 Å². The second kappa shape index (κ2) is 7.21. The predicted octanol–water partition coefficient (Wildman–Crippen LogP) is 5.14. The minimum atomic E-state index is -0.263. The average molecular weight is 390 g/mol. The SMILES string of the molecule is C=C1Nc2ccccc2C(=O)N1c1cccc(NC(=O)c2ccc(Cl)cc2)c1. The summed E-state index contributed by atoms with van der Waals surface area (Å²) < 4.78 is 0. The lowest BCUT2D eigenvalue weighted by Crippen LogP contribution is -2.37. The molecule has 3 aromatic rings. The minimum Gasteiger partial charge on any atom is -0.341 e. The smallest absolute Gasteiger partial charge is 0.266 e. The molecular formula is C22H16ClN3O2. The van der Waals surface area contributed by atoms with Crippen molar-refractivity contribution < 1.29 is 9.59 Å². The van der Waals surface area contributed by atoms with E-state index < -0.39 is 0 Å². The van der Waals surface area contributed by atoms with Crippen LogP contribution >= 0.6 is 11.6 Å². The van der Waals surface area contributed by atoms with E-state index in [0.29, 0.717) is 33.3 Å². The number of carbonyl (C=O) groups excluding carboxylic acids is 2. The quantitative estimate of drug-likeness (QED) is 0.652. The number of fused-ring (bicyclic) bond motifs is 1. The van der Waals surface area contributed by atoms with Gasteiger partial charge in [0.25, 0.3) is 11.8 Å². The lowest BCUT2D eigenvalue weighted by Gasteiger charge is -2.31. The number of rotatable bonds is 3. The van der Waals surface area contributed by atoms with E-state index in [1.807, 2.05) is 18.2 Å². The van der Waals surface area contributed by atoms with Crippen LogP contribution in [0.5, 0.6) is 0 Å². The molecule has 6 heteroatoms. The number of nitrogens with zero attached hydrogens (tertiary/aromatic N) is 1. The predicted molar refractivity (Wildman–Crippen MR) is 112 cm³/mol. The molecule has 3 aromatic carbocycles. The van der Waals surface area contributed by atoms with E-state index in [1.54, 1.807) is 54.6 Å². The topological polar surface area (TPSA) is 61.4 Å². The van der Waals surface area contributed by atoms with Crippen molar-refractivity contribution in [2.75, 3.05) is 15.5 Å². The largest absolute Gasteiger partial charge is 0.341 e. The molecule has 5 nitrogen and oxygen atoms in total. The second-order valence-corrected chi connectivity index (χ2v) is 6.71. The van der Waals surface area contributed by atoms with Gasteiger partial charge in [0.1, 0.15) is 5.82 Å². The number of nitrogens with one attached hydrogen (secondary N) is 2. The highest BCUT2D eigenvalue weighted by atomic mass is 35.5. The van der Waals surface area contributed by atoms with Crippen molar-refractivity contribution in [2.45, 2.75) is 0 Å². The first-order chi connectivity index (χ1) is 13.5. The summed E-state index contributed by atoms with van der Waals surface area (Å²) in [7, 11) is 0. The zero-order valence-corrected chi connectivity index (χ0v) is 15.5. The van der Waals surface area contributed by atoms with E-state index in [1.165, 1.54) is 4.90 Å². The number of amides is 2. The molecule has 1 heterocycles. The van der Waals surface area contributed by atoms with Crippen molar-refractivity contribution in [3.8, 4) is 0 Å². The van der Waals surface area contributed by atoms with Crippen LogP contribution in [-0.2, 0) is 0 Å². The summed E-state index contributed by atoms with van der Waals surface area (Å²) in [5, 5.41) is 6.54. The fourth-order valence-corrected chi connectivity index (χ4v) is 3.16. The Morgan fingerprint density at radius 2 is 1.75 bits per heavy atom. The van der Waals surface area contributed by atoms with Crippen molar-refractivity contribution >= 4 is 40.5 Å². The van der Waals surface area contributed by atoms with E-state index in [2.05, 4.69) is 17.2 Å². The molecule has 2 amide bonds. The Morgan fingerprint density at radius 3 is 2.54 bits per heavy atom. The van der Waals surface area contributed by atoms with Gasteiger partial charge in [0, 0.05) is 16.3 Å². The molecule has 0 saturated carbocycles. The van der Waals surface area contributed by atoms with E-state index in [9.17, 15) is 9.59 Å². The summed E-state index contributed by atoms with van der Waals surface area (Å²) in [6.45, 7) is 3.96. The maximum Gasteiger partial charge on any atom is 0.266 e. The zero-order chi connectivity index (χ0) is 19.7. The van der Waals surface area contributed by atoms with Gasteiger partial charge in [-0.25, -0.2) is 0 Å². The van der Waals surface area contributed by atoms with Gasteiger partial charge in [-0.2, -0.15) is 0 Å². The second-order valence-electron chi connectivity index (χ2n) is 6.27. The van der Waals surface area contributed by atoms with Gasteiger partial charge >= 0.3 is 0 Å². The Morgan fingerprint density at radius 1 is 1.00 bits per heavy atom. The molecule has 138 valence electrons. The molecular weight excluding hydrogens is 374 g/mol. The van der Waals surface area contributed by atoms with Crippen LogP contribution in [0, 0.1) is 0 Å². The minimum absolute atomic E-state index is 0.180. The van der Waals surface area contributed by atoms with E-state index in [-0.39, 0.29) is 11.8 Å². The summed E-state index contributed by atoms with van der Waals surface area (Å²) in [6, 6.07) is 20.9. The van der Waals surface area contributed by atoms with Crippen LogP contribution in [0.3, 0.4) is 0 Å². The van der Waals surface area contributed by atoms with Crippen LogP contribution in [0.15, 0.2) is 85.2 Å². The van der Waals surface area contributed by atoms with Crippen molar-refractivity contribution in [2.24, 2.45) is 0 Å². The van der Waals surface area contributed by atoms with Gasteiger partial charge in [0.15, 0.2) is 0 Å². The van der Waals surface area contributed by atoms with Crippen LogP contribution in [0.25, 0.3) is 0 Å². The van der Waals surface area contributed by atoms with Gasteiger partial charge in [0.05, 0.1) is 16.9 Å². The van der Waals surface area contributed by atoms with Gasteiger partial charge in [-0.15, -0.1) is 0 Å². The molecule has 0 atom stereocenters.